The molecule has 114 valence electrons. The Morgan fingerprint density at radius 2 is 2.18 bits per heavy atom. The summed E-state index contributed by atoms with van der Waals surface area (Å²) in [5, 5.41) is 5.43. The van der Waals surface area contributed by atoms with Crippen LogP contribution in [0.3, 0.4) is 0 Å². The number of thiazole rings is 1. The van der Waals surface area contributed by atoms with Crippen LogP contribution < -0.4 is 5.32 Å². The summed E-state index contributed by atoms with van der Waals surface area (Å²) in [6.45, 7) is 4.31. The van der Waals surface area contributed by atoms with Gasteiger partial charge in [0.2, 0.25) is 5.91 Å². The maximum Gasteiger partial charge on any atom is 0.223 e. The minimum atomic E-state index is -0.0758. The minimum Gasteiger partial charge on any atom is -0.302 e. The molecule has 2 heterocycles. The summed E-state index contributed by atoms with van der Waals surface area (Å²) in [7, 11) is 0. The lowest BCUT2D eigenvalue weighted by Crippen LogP contribution is -2.29. The maximum atomic E-state index is 11.0. The molecule has 5 heteroatoms. The van der Waals surface area contributed by atoms with E-state index < -0.39 is 0 Å². The van der Waals surface area contributed by atoms with Gasteiger partial charge in [-0.15, -0.1) is 11.3 Å². The fraction of sp³-hybridized carbons (Fsp3) is 0.294. The third kappa shape index (κ3) is 3.81. The van der Waals surface area contributed by atoms with Crippen LogP contribution in [0.25, 0.3) is 5.57 Å². The summed E-state index contributed by atoms with van der Waals surface area (Å²) >= 11 is 1.48. The molecule has 0 atom stereocenters. The topological polar surface area (TPSA) is 45.2 Å². The number of nitrogens with zero attached hydrogens (tertiary/aromatic N) is 2. The minimum absolute atomic E-state index is 0.0758. The molecule has 4 nitrogen and oxygen atoms in total. The molecule has 0 saturated heterocycles. The van der Waals surface area contributed by atoms with Crippen LogP contribution in [-0.4, -0.2) is 28.9 Å². The predicted molar refractivity (Wildman–Crippen MR) is 90.7 cm³/mol. The molecule has 2 aromatic rings. The molecule has 1 aliphatic heterocycles. The van der Waals surface area contributed by atoms with Gasteiger partial charge >= 0.3 is 0 Å². The fourth-order valence-corrected chi connectivity index (χ4v) is 3.37. The predicted octanol–water partition coefficient (Wildman–Crippen LogP) is 3.39. The lowest BCUT2D eigenvalue weighted by atomic mass is 10.0. The zero-order valence-electron chi connectivity index (χ0n) is 12.6. The van der Waals surface area contributed by atoms with Gasteiger partial charge in [0.15, 0.2) is 5.13 Å². The van der Waals surface area contributed by atoms with Crippen molar-refractivity contribution in [2.75, 3.05) is 18.4 Å². The summed E-state index contributed by atoms with van der Waals surface area (Å²) in [6, 6.07) is 10.5. The van der Waals surface area contributed by atoms with Crippen molar-refractivity contribution in [3.63, 3.8) is 0 Å². The quantitative estimate of drug-likeness (QED) is 0.941. The van der Waals surface area contributed by atoms with E-state index in [1.807, 2.05) is 11.4 Å². The average molecular weight is 313 g/mol. The van der Waals surface area contributed by atoms with Gasteiger partial charge in [-0.05, 0) is 17.6 Å². The molecule has 1 aromatic heterocycles. The Balaban J connectivity index is 1.63. The van der Waals surface area contributed by atoms with Gasteiger partial charge in [0, 0.05) is 31.9 Å². The van der Waals surface area contributed by atoms with E-state index in [1.165, 1.54) is 29.4 Å². The highest BCUT2D eigenvalue weighted by molar-refractivity contribution is 7.13. The number of amides is 1. The molecule has 1 aromatic carbocycles. The van der Waals surface area contributed by atoms with Crippen molar-refractivity contribution in [2.45, 2.75) is 19.9 Å². The van der Waals surface area contributed by atoms with Gasteiger partial charge in [0.25, 0.3) is 0 Å². The van der Waals surface area contributed by atoms with Crippen molar-refractivity contribution >= 4 is 27.9 Å². The Kier molecular flexibility index (Phi) is 4.65. The molecule has 0 unspecified atom stereocenters. The zero-order valence-corrected chi connectivity index (χ0v) is 13.4. The molecule has 1 aliphatic rings. The largest absolute Gasteiger partial charge is 0.302 e. The smallest absolute Gasteiger partial charge is 0.223 e. The number of rotatable bonds is 4. The summed E-state index contributed by atoms with van der Waals surface area (Å²) in [5.41, 5.74) is 3.69. The molecule has 0 aliphatic carbocycles. The average Bonchev–Trinajstić information content (AvgIpc) is 2.94. The van der Waals surface area contributed by atoms with Crippen molar-refractivity contribution in [1.29, 1.82) is 0 Å². The van der Waals surface area contributed by atoms with Crippen LogP contribution in [0.1, 0.15) is 24.6 Å². The van der Waals surface area contributed by atoms with E-state index in [1.54, 1.807) is 0 Å². The van der Waals surface area contributed by atoms with Gasteiger partial charge in [-0.25, -0.2) is 4.98 Å². The van der Waals surface area contributed by atoms with Crippen molar-refractivity contribution in [3.05, 3.63) is 53.0 Å². The molecule has 3 rings (SSSR count). The standard InChI is InChI=1S/C17H19N3OS/c1-13(21)18-17-19-16(12-22-17)11-20-9-5-8-15(10-20)14-6-3-2-4-7-14/h2-4,6-8,12H,5,9-11H2,1H3,(H,18,19,21). The molecule has 0 saturated carbocycles. The zero-order chi connectivity index (χ0) is 15.4. The molecule has 1 N–H and O–H groups in total. The van der Waals surface area contributed by atoms with Gasteiger partial charge in [-0.3, -0.25) is 9.69 Å². The van der Waals surface area contributed by atoms with E-state index >= 15 is 0 Å². The lowest BCUT2D eigenvalue weighted by molar-refractivity contribution is -0.114. The van der Waals surface area contributed by atoms with E-state index in [2.05, 4.69) is 45.5 Å². The maximum absolute atomic E-state index is 11.0. The van der Waals surface area contributed by atoms with Crippen molar-refractivity contribution in [1.82, 2.24) is 9.88 Å². The molecule has 0 bridgehead atoms. The van der Waals surface area contributed by atoms with Gasteiger partial charge in [-0.1, -0.05) is 36.4 Å². The fourth-order valence-electron chi connectivity index (χ4n) is 2.62. The lowest BCUT2D eigenvalue weighted by Gasteiger charge is -2.26. The van der Waals surface area contributed by atoms with Crippen LogP contribution in [0.4, 0.5) is 5.13 Å². The number of anilines is 1. The molecule has 0 radical (unpaired) electrons. The highest BCUT2D eigenvalue weighted by atomic mass is 32.1. The molecular weight excluding hydrogens is 294 g/mol. The van der Waals surface area contributed by atoms with E-state index in [0.29, 0.717) is 5.13 Å². The van der Waals surface area contributed by atoms with Gasteiger partial charge in [0.1, 0.15) is 0 Å². The summed E-state index contributed by atoms with van der Waals surface area (Å²) in [6.07, 6.45) is 3.39. The first-order valence-corrected chi connectivity index (χ1v) is 8.27. The first-order valence-electron chi connectivity index (χ1n) is 7.39. The van der Waals surface area contributed by atoms with E-state index in [0.717, 1.165) is 31.7 Å². The number of hydrogen-bond acceptors (Lipinski definition) is 4. The Morgan fingerprint density at radius 1 is 1.36 bits per heavy atom. The molecule has 0 spiro atoms. The first kappa shape index (κ1) is 14.9. The monoisotopic (exact) mass is 313 g/mol. The van der Waals surface area contributed by atoms with Crippen LogP contribution in [0.15, 0.2) is 41.8 Å². The number of benzene rings is 1. The SMILES string of the molecule is CC(=O)Nc1nc(CN2CCC=C(c3ccccc3)C2)cs1. The highest BCUT2D eigenvalue weighted by Crippen LogP contribution is 2.23. The van der Waals surface area contributed by atoms with Crippen molar-refractivity contribution in [3.8, 4) is 0 Å². The van der Waals surface area contributed by atoms with E-state index in [-0.39, 0.29) is 5.91 Å². The molecular formula is C17H19N3OS. The van der Waals surface area contributed by atoms with Crippen LogP contribution in [0.2, 0.25) is 0 Å². The summed E-state index contributed by atoms with van der Waals surface area (Å²) in [5.74, 6) is -0.0758. The van der Waals surface area contributed by atoms with Crippen molar-refractivity contribution < 1.29 is 4.79 Å². The normalized spacial score (nSPS) is 15.4. The number of hydrogen-bond donors (Lipinski definition) is 1. The van der Waals surface area contributed by atoms with E-state index in [4.69, 9.17) is 0 Å². The van der Waals surface area contributed by atoms with Crippen LogP contribution in [0, 0.1) is 0 Å². The summed E-state index contributed by atoms with van der Waals surface area (Å²) in [4.78, 5) is 17.9. The second-order valence-electron chi connectivity index (χ2n) is 5.42. The van der Waals surface area contributed by atoms with Gasteiger partial charge < -0.3 is 5.32 Å². The van der Waals surface area contributed by atoms with Crippen LogP contribution in [-0.2, 0) is 11.3 Å². The number of nitrogens with one attached hydrogen (secondary N) is 1. The van der Waals surface area contributed by atoms with Crippen molar-refractivity contribution in [2.24, 2.45) is 0 Å². The Morgan fingerprint density at radius 3 is 2.95 bits per heavy atom. The molecule has 1 amide bonds. The second kappa shape index (κ2) is 6.85. The van der Waals surface area contributed by atoms with Gasteiger partial charge in [0.05, 0.1) is 5.69 Å². The molecule has 22 heavy (non-hydrogen) atoms. The summed E-state index contributed by atoms with van der Waals surface area (Å²) < 4.78 is 0. The second-order valence-corrected chi connectivity index (χ2v) is 6.28. The Labute approximate surface area is 134 Å². The first-order chi connectivity index (χ1) is 10.7. The number of carbonyl (C=O) groups excluding carboxylic acids is 1. The van der Waals surface area contributed by atoms with Crippen LogP contribution in [0.5, 0.6) is 0 Å². The third-order valence-corrected chi connectivity index (χ3v) is 4.40. The van der Waals surface area contributed by atoms with Crippen LogP contribution >= 0.6 is 11.3 Å². The number of carbonyl (C=O) groups is 1. The number of aromatic nitrogens is 1. The van der Waals surface area contributed by atoms with E-state index in [9.17, 15) is 4.79 Å². The Hall–Kier alpha value is -1.98. The Bertz CT molecular complexity index is 678. The van der Waals surface area contributed by atoms with Gasteiger partial charge in [-0.2, -0.15) is 0 Å². The highest BCUT2D eigenvalue weighted by Gasteiger charge is 2.15. The molecule has 0 fully saturated rings. The third-order valence-electron chi connectivity index (χ3n) is 3.59.